The molecule has 4 nitrogen and oxygen atoms in total. The normalized spacial score (nSPS) is 20.3. The number of likely N-dealkylation sites (tertiary alicyclic amines) is 1. The molecule has 0 radical (unpaired) electrons. The highest BCUT2D eigenvalue weighted by molar-refractivity contribution is 5.77. The summed E-state index contributed by atoms with van der Waals surface area (Å²) in [5, 5.41) is 6.71. The van der Waals surface area contributed by atoms with E-state index in [1.54, 1.807) is 6.20 Å². The molecule has 1 N–H and O–H groups in total. The predicted molar refractivity (Wildman–Crippen MR) is 86.5 cm³/mol. The number of H-pyrrole nitrogens is 1. The highest BCUT2D eigenvalue weighted by Crippen LogP contribution is 2.42. The molecule has 0 spiro atoms. The van der Waals surface area contributed by atoms with E-state index in [4.69, 9.17) is 0 Å². The zero-order valence-corrected chi connectivity index (χ0v) is 13.2. The third kappa shape index (κ3) is 3.06. The summed E-state index contributed by atoms with van der Waals surface area (Å²) in [7, 11) is 0. The first-order valence-corrected chi connectivity index (χ1v) is 7.86. The maximum absolute atomic E-state index is 12.5. The Morgan fingerprint density at radius 1 is 1.36 bits per heavy atom. The van der Waals surface area contributed by atoms with Gasteiger partial charge in [0.25, 0.3) is 0 Å². The van der Waals surface area contributed by atoms with Crippen molar-refractivity contribution in [1.29, 1.82) is 0 Å². The standard InChI is InChI=1S/C18H23N3O/c1-18(2)13-21(12-16(18)15-6-4-3-5-7-15)17(22)9-8-14-10-19-20-11-14/h3-7,10-11,16H,8-9,12-13H2,1-2H3,(H,19,20)/t16-/m1/s1. The maximum Gasteiger partial charge on any atom is 0.222 e. The smallest absolute Gasteiger partial charge is 0.222 e. The van der Waals surface area contributed by atoms with Gasteiger partial charge in [0.05, 0.1) is 6.20 Å². The number of carbonyl (C=O) groups is 1. The number of hydrogen-bond donors (Lipinski definition) is 1. The zero-order chi connectivity index (χ0) is 15.6. The van der Waals surface area contributed by atoms with Gasteiger partial charge in [-0.2, -0.15) is 5.10 Å². The van der Waals surface area contributed by atoms with Crippen LogP contribution in [0.15, 0.2) is 42.7 Å². The minimum absolute atomic E-state index is 0.118. The molecule has 0 bridgehead atoms. The molecule has 0 aliphatic carbocycles. The van der Waals surface area contributed by atoms with Crippen LogP contribution in [0.2, 0.25) is 0 Å². The Morgan fingerprint density at radius 3 is 2.82 bits per heavy atom. The molecule has 22 heavy (non-hydrogen) atoms. The molecule has 2 heterocycles. The van der Waals surface area contributed by atoms with E-state index in [1.807, 2.05) is 17.2 Å². The van der Waals surface area contributed by atoms with E-state index >= 15 is 0 Å². The molecule has 1 amide bonds. The Morgan fingerprint density at radius 2 is 2.14 bits per heavy atom. The monoisotopic (exact) mass is 297 g/mol. The van der Waals surface area contributed by atoms with Crippen LogP contribution in [0.25, 0.3) is 0 Å². The minimum atomic E-state index is 0.118. The molecule has 3 rings (SSSR count). The summed E-state index contributed by atoms with van der Waals surface area (Å²) in [4.78, 5) is 14.5. The Balaban J connectivity index is 1.65. The summed E-state index contributed by atoms with van der Waals surface area (Å²) in [6.45, 7) is 6.17. The van der Waals surface area contributed by atoms with Crippen molar-refractivity contribution in [3.63, 3.8) is 0 Å². The molecule has 1 aromatic heterocycles. The minimum Gasteiger partial charge on any atom is -0.341 e. The fourth-order valence-corrected chi connectivity index (χ4v) is 3.39. The Hall–Kier alpha value is -2.10. The van der Waals surface area contributed by atoms with Crippen molar-refractivity contribution < 1.29 is 4.79 Å². The summed E-state index contributed by atoms with van der Waals surface area (Å²) >= 11 is 0. The number of benzene rings is 1. The summed E-state index contributed by atoms with van der Waals surface area (Å²) in [6.07, 6.45) is 4.95. The van der Waals surface area contributed by atoms with Gasteiger partial charge >= 0.3 is 0 Å². The van der Waals surface area contributed by atoms with Crippen molar-refractivity contribution in [1.82, 2.24) is 15.1 Å². The van der Waals surface area contributed by atoms with Crippen molar-refractivity contribution in [2.45, 2.75) is 32.6 Å². The first-order chi connectivity index (χ1) is 10.6. The first kappa shape index (κ1) is 14.8. The van der Waals surface area contributed by atoms with Crippen LogP contribution in [-0.4, -0.2) is 34.1 Å². The van der Waals surface area contributed by atoms with Gasteiger partial charge in [-0.25, -0.2) is 0 Å². The highest BCUT2D eigenvalue weighted by atomic mass is 16.2. The van der Waals surface area contributed by atoms with Gasteiger partial charge in [-0.05, 0) is 23.0 Å². The number of amides is 1. The molecular weight excluding hydrogens is 274 g/mol. The summed E-state index contributed by atoms with van der Waals surface area (Å²) in [5.74, 6) is 0.652. The van der Waals surface area contributed by atoms with Crippen molar-refractivity contribution >= 4 is 5.91 Å². The predicted octanol–water partition coefficient (Wildman–Crippen LogP) is 2.99. The van der Waals surface area contributed by atoms with Gasteiger partial charge in [-0.15, -0.1) is 0 Å². The quantitative estimate of drug-likeness (QED) is 0.943. The second-order valence-electron chi connectivity index (χ2n) is 6.83. The zero-order valence-electron chi connectivity index (χ0n) is 13.2. The van der Waals surface area contributed by atoms with Gasteiger partial charge < -0.3 is 4.90 Å². The SMILES string of the molecule is CC1(C)CN(C(=O)CCc2cn[nH]c2)C[C@@H]1c1ccccc1. The molecule has 2 aromatic rings. The van der Waals surface area contributed by atoms with Crippen LogP contribution in [0.5, 0.6) is 0 Å². The topological polar surface area (TPSA) is 49.0 Å². The van der Waals surface area contributed by atoms with Crippen LogP contribution >= 0.6 is 0 Å². The fourth-order valence-electron chi connectivity index (χ4n) is 3.39. The van der Waals surface area contributed by atoms with E-state index in [0.717, 1.165) is 25.1 Å². The molecule has 1 fully saturated rings. The average molecular weight is 297 g/mol. The van der Waals surface area contributed by atoms with Gasteiger partial charge in [0, 0.05) is 31.6 Å². The summed E-state index contributed by atoms with van der Waals surface area (Å²) in [5.41, 5.74) is 2.54. The number of rotatable bonds is 4. The fraction of sp³-hybridized carbons (Fsp3) is 0.444. The van der Waals surface area contributed by atoms with E-state index in [9.17, 15) is 4.79 Å². The number of aromatic nitrogens is 2. The second-order valence-corrected chi connectivity index (χ2v) is 6.83. The molecule has 1 aliphatic heterocycles. The lowest BCUT2D eigenvalue weighted by Gasteiger charge is -2.25. The van der Waals surface area contributed by atoms with E-state index in [-0.39, 0.29) is 11.3 Å². The van der Waals surface area contributed by atoms with E-state index in [1.165, 1.54) is 5.56 Å². The number of carbonyl (C=O) groups excluding carboxylic acids is 1. The molecular formula is C18H23N3O. The highest BCUT2D eigenvalue weighted by Gasteiger charge is 2.41. The van der Waals surface area contributed by atoms with Crippen molar-refractivity contribution in [2.24, 2.45) is 5.41 Å². The van der Waals surface area contributed by atoms with E-state index in [2.05, 4.69) is 48.3 Å². The van der Waals surface area contributed by atoms with Crippen LogP contribution in [-0.2, 0) is 11.2 Å². The Kier molecular flexibility index (Phi) is 4.01. The third-order valence-corrected chi connectivity index (χ3v) is 4.68. The van der Waals surface area contributed by atoms with E-state index < -0.39 is 0 Å². The van der Waals surface area contributed by atoms with Crippen molar-refractivity contribution in [3.05, 3.63) is 53.9 Å². The van der Waals surface area contributed by atoms with Crippen LogP contribution in [0.4, 0.5) is 0 Å². The average Bonchev–Trinajstić information content (AvgIpc) is 3.13. The lowest BCUT2D eigenvalue weighted by molar-refractivity contribution is -0.130. The van der Waals surface area contributed by atoms with Gasteiger partial charge in [-0.1, -0.05) is 44.2 Å². The number of aryl methyl sites for hydroxylation is 1. The molecule has 1 aromatic carbocycles. The van der Waals surface area contributed by atoms with Gasteiger partial charge in [0.15, 0.2) is 0 Å². The number of nitrogens with one attached hydrogen (secondary N) is 1. The van der Waals surface area contributed by atoms with Gasteiger partial charge in [0.1, 0.15) is 0 Å². The van der Waals surface area contributed by atoms with Gasteiger partial charge in [0.2, 0.25) is 5.91 Å². The molecule has 1 aliphatic rings. The van der Waals surface area contributed by atoms with Crippen LogP contribution in [0, 0.1) is 5.41 Å². The molecule has 1 saturated heterocycles. The number of aromatic amines is 1. The third-order valence-electron chi connectivity index (χ3n) is 4.68. The molecule has 4 heteroatoms. The largest absolute Gasteiger partial charge is 0.341 e. The maximum atomic E-state index is 12.5. The number of hydrogen-bond acceptors (Lipinski definition) is 2. The lowest BCUT2D eigenvalue weighted by atomic mass is 9.78. The van der Waals surface area contributed by atoms with E-state index in [0.29, 0.717) is 12.3 Å². The Labute approximate surface area is 131 Å². The van der Waals surface area contributed by atoms with Crippen LogP contribution in [0.3, 0.4) is 0 Å². The molecule has 116 valence electrons. The number of nitrogens with zero attached hydrogens (tertiary/aromatic N) is 2. The first-order valence-electron chi connectivity index (χ1n) is 7.86. The van der Waals surface area contributed by atoms with Crippen molar-refractivity contribution in [2.75, 3.05) is 13.1 Å². The Bertz CT molecular complexity index is 619. The summed E-state index contributed by atoms with van der Waals surface area (Å²) < 4.78 is 0. The van der Waals surface area contributed by atoms with Crippen LogP contribution < -0.4 is 0 Å². The molecule has 0 saturated carbocycles. The van der Waals surface area contributed by atoms with Crippen molar-refractivity contribution in [3.8, 4) is 0 Å². The second kappa shape index (κ2) is 5.95. The molecule has 1 atom stereocenters. The lowest BCUT2D eigenvalue weighted by Crippen LogP contribution is -2.30. The van der Waals surface area contributed by atoms with Gasteiger partial charge in [-0.3, -0.25) is 9.89 Å². The molecule has 0 unspecified atom stereocenters. The van der Waals surface area contributed by atoms with Crippen LogP contribution in [0.1, 0.15) is 37.3 Å². The summed E-state index contributed by atoms with van der Waals surface area (Å²) in [6, 6.07) is 10.5.